The Morgan fingerprint density at radius 3 is 2.88 bits per heavy atom. The van der Waals surface area contributed by atoms with Gasteiger partial charge in [0.1, 0.15) is 0 Å². The Morgan fingerprint density at radius 1 is 1.38 bits per heavy atom. The fraction of sp³-hybridized carbons (Fsp3) is 0.385. The Balaban J connectivity index is 2.50. The smallest absolute Gasteiger partial charge is 0.0494 e. The summed E-state index contributed by atoms with van der Waals surface area (Å²) in [4.78, 5) is 0. The number of aryl methyl sites for hydroxylation is 2. The molecule has 1 N–H and O–H groups in total. The first-order chi connectivity index (χ1) is 7.76. The van der Waals surface area contributed by atoms with Crippen LogP contribution in [0.15, 0.2) is 28.9 Å². The molecule has 2 aromatic rings. The van der Waals surface area contributed by atoms with Gasteiger partial charge in [0.05, 0.1) is 0 Å². The third kappa shape index (κ3) is 2.15. The maximum Gasteiger partial charge on any atom is 0.0494 e. The first-order valence-corrected chi connectivity index (χ1v) is 6.43. The topological polar surface area (TPSA) is 25.2 Å². The number of hydrogen-bond acceptors (Lipinski definition) is 1. The summed E-state index contributed by atoms with van der Waals surface area (Å²) in [5.74, 6) is 0. The van der Waals surface area contributed by atoms with Crippen molar-refractivity contribution in [2.45, 2.75) is 26.3 Å². The molecule has 0 spiro atoms. The van der Waals surface area contributed by atoms with Gasteiger partial charge in [-0.3, -0.25) is 0 Å². The number of hydrogen-bond donors (Lipinski definition) is 1. The number of aromatic nitrogens is 1. The highest BCUT2D eigenvalue weighted by Crippen LogP contribution is 2.25. The summed E-state index contributed by atoms with van der Waals surface area (Å²) in [6.45, 7) is 3.30. The zero-order valence-electron chi connectivity index (χ0n) is 9.41. The lowest BCUT2D eigenvalue weighted by molar-refractivity contribution is 0.280. The van der Waals surface area contributed by atoms with Crippen LogP contribution in [0.25, 0.3) is 10.9 Å². The fourth-order valence-corrected chi connectivity index (χ4v) is 2.40. The molecule has 0 fully saturated rings. The Bertz CT molecular complexity index is 490. The van der Waals surface area contributed by atoms with Crippen molar-refractivity contribution in [3.05, 3.63) is 34.4 Å². The van der Waals surface area contributed by atoms with E-state index in [0.717, 1.165) is 23.9 Å². The van der Waals surface area contributed by atoms with Crippen LogP contribution in [-0.4, -0.2) is 16.3 Å². The van der Waals surface area contributed by atoms with Crippen molar-refractivity contribution in [2.75, 3.05) is 6.61 Å². The zero-order chi connectivity index (χ0) is 11.5. The zero-order valence-corrected chi connectivity index (χ0v) is 11.0. The minimum Gasteiger partial charge on any atom is -0.396 e. The van der Waals surface area contributed by atoms with Crippen molar-refractivity contribution in [1.29, 1.82) is 0 Å². The molecule has 1 aromatic heterocycles. The molecule has 0 saturated carbocycles. The van der Waals surface area contributed by atoms with E-state index in [1.165, 1.54) is 16.5 Å². The van der Waals surface area contributed by atoms with Crippen molar-refractivity contribution in [1.82, 2.24) is 4.57 Å². The highest BCUT2D eigenvalue weighted by Gasteiger charge is 2.07. The van der Waals surface area contributed by atoms with E-state index in [9.17, 15) is 0 Å². The minimum atomic E-state index is 0.245. The van der Waals surface area contributed by atoms with Crippen molar-refractivity contribution < 1.29 is 5.11 Å². The second-order valence-electron chi connectivity index (χ2n) is 3.94. The molecule has 86 valence electrons. The monoisotopic (exact) mass is 281 g/mol. The van der Waals surface area contributed by atoms with E-state index in [4.69, 9.17) is 5.11 Å². The number of benzene rings is 1. The molecule has 0 radical (unpaired) electrons. The SMILES string of the molecule is CCc1cn(CCCO)c2cc(Br)ccc12. The summed E-state index contributed by atoms with van der Waals surface area (Å²) in [6.07, 6.45) is 4.05. The Labute approximate surface area is 104 Å². The van der Waals surface area contributed by atoms with Crippen LogP contribution in [0.1, 0.15) is 18.9 Å². The highest BCUT2D eigenvalue weighted by molar-refractivity contribution is 9.10. The molecule has 0 amide bonds. The van der Waals surface area contributed by atoms with Crippen LogP contribution in [0.2, 0.25) is 0 Å². The predicted molar refractivity (Wildman–Crippen MR) is 70.7 cm³/mol. The number of nitrogens with zero attached hydrogens (tertiary/aromatic N) is 1. The maximum absolute atomic E-state index is 8.90. The molecule has 0 saturated heterocycles. The summed E-state index contributed by atoms with van der Waals surface area (Å²) in [5, 5.41) is 10.2. The van der Waals surface area contributed by atoms with Crippen LogP contribution in [0.3, 0.4) is 0 Å². The summed E-state index contributed by atoms with van der Waals surface area (Å²) >= 11 is 3.50. The first-order valence-electron chi connectivity index (χ1n) is 5.64. The van der Waals surface area contributed by atoms with Gasteiger partial charge in [0.25, 0.3) is 0 Å². The lowest BCUT2D eigenvalue weighted by Gasteiger charge is -2.03. The van der Waals surface area contributed by atoms with Gasteiger partial charge in [-0.05, 0) is 30.5 Å². The summed E-state index contributed by atoms with van der Waals surface area (Å²) < 4.78 is 3.33. The molecule has 0 unspecified atom stereocenters. The van der Waals surface area contributed by atoms with Gasteiger partial charge >= 0.3 is 0 Å². The molecular weight excluding hydrogens is 266 g/mol. The van der Waals surface area contributed by atoms with Crippen molar-refractivity contribution >= 4 is 26.8 Å². The highest BCUT2D eigenvalue weighted by atomic mass is 79.9. The van der Waals surface area contributed by atoms with Crippen LogP contribution in [0, 0.1) is 0 Å². The van der Waals surface area contributed by atoms with Gasteiger partial charge in [-0.1, -0.05) is 28.9 Å². The second-order valence-corrected chi connectivity index (χ2v) is 4.86. The van der Waals surface area contributed by atoms with Crippen LogP contribution >= 0.6 is 15.9 Å². The summed E-state index contributed by atoms with van der Waals surface area (Å²) in [5.41, 5.74) is 2.63. The number of aliphatic hydroxyl groups is 1. The van der Waals surface area contributed by atoms with Crippen molar-refractivity contribution in [3.63, 3.8) is 0 Å². The summed E-state index contributed by atoms with van der Waals surface area (Å²) in [6, 6.07) is 6.39. The molecule has 3 heteroatoms. The molecule has 2 nitrogen and oxygen atoms in total. The van der Waals surface area contributed by atoms with E-state index in [1.54, 1.807) is 0 Å². The average molecular weight is 282 g/mol. The van der Waals surface area contributed by atoms with Gasteiger partial charge < -0.3 is 9.67 Å². The molecule has 0 atom stereocenters. The molecule has 1 heterocycles. The van der Waals surface area contributed by atoms with Crippen molar-refractivity contribution in [3.8, 4) is 0 Å². The summed E-state index contributed by atoms with van der Waals surface area (Å²) in [7, 11) is 0. The molecule has 16 heavy (non-hydrogen) atoms. The Morgan fingerprint density at radius 2 is 2.19 bits per heavy atom. The molecule has 0 aliphatic heterocycles. The quantitative estimate of drug-likeness (QED) is 0.914. The van der Waals surface area contributed by atoms with Gasteiger partial charge in [-0.25, -0.2) is 0 Å². The fourth-order valence-electron chi connectivity index (χ4n) is 2.05. The maximum atomic E-state index is 8.90. The molecule has 0 bridgehead atoms. The Hall–Kier alpha value is -0.800. The largest absolute Gasteiger partial charge is 0.396 e. The number of fused-ring (bicyclic) bond motifs is 1. The van der Waals surface area contributed by atoms with Crippen molar-refractivity contribution in [2.24, 2.45) is 0 Å². The van der Waals surface area contributed by atoms with Gasteiger partial charge in [0, 0.05) is 34.7 Å². The third-order valence-corrected chi connectivity index (χ3v) is 3.36. The predicted octanol–water partition coefficient (Wildman–Crippen LogP) is 3.35. The second kappa shape index (κ2) is 5.02. The van der Waals surface area contributed by atoms with Gasteiger partial charge in [-0.2, -0.15) is 0 Å². The van der Waals surface area contributed by atoms with Gasteiger partial charge in [0.2, 0.25) is 0 Å². The van der Waals surface area contributed by atoms with Gasteiger partial charge in [0.15, 0.2) is 0 Å². The normalized spacial score (nSPS) is 11.2. The molecule has 0 aliphatic rings. The number of aliphatic hydroxyl groups excluding tert-OH is 1. The van der Waals surface area contributed by atoms with E-state index in [2.05, 4.69) is 51.8 Å². The van der Waals surface area contributed by atoms with Crippen LogP contribution in [0.5, 0.6) is 0 Å². The van der Waals surface area contributed by atoms with E-state index in [1.807, 2.05) is 0 Å². The third-order valence-electron chi connectivity index (χ3n) is 2.86. The lowest BCUT2D eigenvalue weighted by Crippen LogP contribution is -1.98. The van der Waals surface area contributed by atoms with E-state index >= 15 is 0 Å². The number of halogens is 1. The lowest BCUT2D eigenvalue weighted by atomic mass is 10.1. The Kier molecular flexibility index (Phi) is 3.66. The molecule has 2 rings (SSSR count). The molecular formula is C13H16BrNO. The van der Waals surface area contributed by atoms with Gasteiger partial charge in [-0.15, -0.1) is 0 Å². The number of rotatable bonds is 4. The standard InChI is InChI=1S/C13H16BrNO/c1-2-10-9-15(6-3-7-16)13-8-11(14)4-5-12(10)13/h4-5,8-9,16H,2-3,6-7H2,1H3. The average Bonchev–Trinajstić information content (AvgIpc) is 2.64. The molecule has 0 aliphatic carbocycles. The van der Waals surface area contributed by atoms with Crippen LogP contribution < -0.4 is 0 Å². The minimum absolute atomic E-state index is 0.245. The van der Waals surface area contributed by atoms with E-state index < -0.39 is 0 Å². The van der Waals surface area contributed by atoms with E-state index in [0.29, 0.717) is 0 Å². The van der Waals surface area contributed by atoms with Crippen LogP contribution in [0.4, 0.5) is 0 Å². The van der Waals surface area contributed by atoms with Crippen LogP contribution in [-0.2, 0) is 13.0 Å². The molecule has 1 aromatic carbocycles. The first kappa shape index (κ1) is 11.7. The van der Waals surface area contributed by atoms with E-state index in [-0.39, 0.29) is 6.61 Å².